The Morgan fingerprint density at radius 1 is 0.950 bits per heavy atom. The predicted octanol–water partition coefficient (Wildman–Crippen LogP) is 0.989. The Labute approximate surface area is 473 Å². The van der Waals surface area contributed by atoms with Crippen molar-refractivity contribution in [3.05, 3.63) is 46.5 Å². The number of thioether (sulfide) groups is 1. The molecule has 9 amide bonds. The van der Waals surface area contributed by atoms with Crippen LogP contribution in [0.25, 0.3) is 0 Å². The molecule has 4 aliphatic rings. The third-order valence-electron chi connectivity index (χ3n) is 14.3. The Balaban J connectivity index is 1.15. The summed E-state index contributed by atoms with van der Waals surface area (Å²) in [4.78, 5) is 144. The predicted molar refractivity (Wildman–Crippen MR) is 290 cm³/mol. The van der Waals surface area contributed by atoms with E-state index in [1.807, 2.05) is 13.0 Å². The van der Waals surface area contributed by atoms with Gasteiger partial charge in [-0.25, -0.2) is 9.59 Å². The van der Waals surface area contributed by atoms with Gasteiger partial charge < -0.3 is 59.9 Å². The van der Waals surface area contributed by atoms with Gasteiger partial charge >= 0.3 is 12.1 Å². The van der Waals surface area contributed by atoms with E-state index in [4.69, 9.17) is 35.3 Å². The quantitative estimate of drug-likeness (QED) is 0.0536. The molecule has 3 saturated heterocycles. The number of esters is 1. The Hall–Kier alpha value is -6.61. The van der Waals surface area contributed by atoms with E-state index < -0.39 is 132 Å². The number of amides is 9. The molecule has 4 bridgehead atoms. The van der Waals surface area contributed by atoms with E-state index in [0.717, 1.165) is 27.8 Å². The molecule has 0 spiro atoms. The highest BCUT2D eigenvalue weighted by Crippen LogP contribution is 2.49. The summed E-state index contributed by atoms with van der Waals surface area (Å²) in [7, 11) is 5.77. The van der Waals surface area contributed by atoms with Crippen molar-refractivity contribution in [1.29, 1.82) is 0 Å². The van der Waals surface area contributed by atoms with Crippen molar-refractivity contribution >= 4 is 94.2 Å². The summed E-state index contributed by atoms with van der Waals surface area (Å²) in [6.45, 7) is 6.91. The number of alkyl carbamates (subject to hydrolysis) is 1. The summed E-state index contributed by atoms with van der Waals surface area (Å²) in [6, 6.07) is 2.30. The number of imide groups is 1. The number of fused-ring (bicyclic) bond motifs is 5. The first-order valence-corrected chi connectivity index (χ1v) is 27.5. The lowest BCUT2D eigenvalue weighted by Crippen LogP contribution is -2.63. The lowest BCUT2D eigenvalue weighted by molar-refractivity contribution is -0.162. The lowest BCUT2D eigenvalue weighted by Gasteiger charge is -2.42. The van der Waals surface area contributed by atoms with Crippen molar-refractivity contribution in [2.45, 2.75) is 133 Å². The van der Waals surface area contributed by atoms with Crippen molar-refractivity contribution in [2.75, 3.05) is 71.7 Å². The molecular weight excluding hydrogens is 1090 g/mol. The van der Waals surface area contributed by atoms with Crippen LogP contribution >= 0.6 is 23.4 Å². The van der Waals surface area contributed by atoms with Crippen LogP contribution in [0, 0.1) is 5.92 Å². The van der Waals surface area contributed by atoms with Crippen molar-refractivity contribution in [1.82, 2.24) is 36.4 Å². The number of ketones is 1. The van der Waals surface area contributed by atoms with E-state index in [1.54, 1.807) is 38.1 Å². The van der Waals surface area contributed by atoms with E-state index in [0.29, 0.717) is 17.9 Å². The zero-order valence-corrected chi connectivity index (χ0v) is 48.0. The van der Waals surface area contributed by atoms with Crippen LogP contribution in [-0.4, -0.2) is 194 Å². The molecule has 0 saturated carbocycles. The molecule has 1 aromatic rings. The van der Waals surface area contributed by atoms with Crippen LogP contribution in [0.3, 0.4) is 0 Å². The van der Waals surface area contributed by atoms with Crippen LogP contribution < -0.4 is 36.2 Å². The number of hydrogen-bond acceptors (Lipinski definition) is 18. The monoisotopic (exact) mass is 1160 g/mol. The van der Waals surface area contributed by atoms with Crippen molar-refractivity contribution in [3.8, 4) is 5.75 Å². The number of hydrogen-bond donors (Lipinski definition) is 6. The smallest absolute Gasteiger partial charge is 0.409 e. The van der Waals surface area contributed by atoms with Gasteiger partial charge in [0, 0.05) is 78.1 Å². The molecule has 0 aliphatic carbocycles. The number of carbonyl (C=O) groups excluding carboxylic acids is 11. The van der Waals surface area contributed by atoms with Crippen molar-refractivity contribution < 1.29 is 81.5 Å². The molecule has 440 valence electrons. The second-order valence-electron chi connectivity index (χ2n) is 20.3. The number of methoxy groups -OCH3 is 2. The van der Waals surface area contributed by atoms with Crippen LogP contribution in [0.15, 0.2) is 35.9 Å². The molecule has 6 N–H and O–H groups in total. The number of rotatable bonds is 22. The summed E-state index contributed by atoms with van der Waals surface area (Å²) < 4.78 is 29.3. The molecule has 0 radical (unpaired) electrons. The molecule has 9 atom stereocenters. The van der Waals surface area contributed by atoms with E-state index >= 15 is 0 Å². The molecule has 0 aromatic heterocycles. The van der Waals surface area contributed by atoms with Crippen LogP contribution in [0.1, 0.15) is 85.1 Å². The maximum Gasteiger partial charge on any atom is 0.409 e. The number of benzene rings is 1. The first-order valence-electron chi connectivity index (χ1n) is 26.1. The highest BCUT2D eigenvalue weighted by Gasteiger charge is 2.64. The SMILES string of the molecule is COc1cc2cc(c1Cl)N(C)C(=O)C[C@H](OC(=O)[C@H](C)N(C)C(=O)CCSC1CC(=O)N(CCCC(=O)NCC(=O)NCC(=O)NCC(=O)NCCC(C)=O)C1=O)[C@]1(C)O[C@H]1[C@H](C)[C@@H]1C[C@@](O)(NC(=O)O1)[C@H](OC)/C=C/C=C(\C)C2. The van der Waals surface area contributed by atoms with Crippen LogP contribution in [0.4, 0.5) is 10.5 Å². The second kappa shape index (κ2) is 28.7. The van der Waals surface area contributed by atoms with Crippen molar-refractivity contribution in [2.24, 2.45) is 5.92 Å². The third kappa shape index (κ3) is 17.2. The maximum absolute atomic E-state index is 14.4. The van der Waals surface area contributed by atoms with Crippen LogP contribution in [-0.2, 0) is 73.3 Å². The van der Waals surface area contributed by atoms with Gasteiger partial charge in [0.05, 0.1) is 50.2 Å². The average molecular weight is 1160 g/mol. The number of nitrogens with zero attached hydrogens (tertiary/aromatic N) is 3. The second-order valence-corrected chi connectivity index (χ2v) is 22.0. The largest absolute Gasteiger partial charge is 0.495 e. The van der Waals surface area contributed by atoms with Crippen LogP contribution in [0.5, 0.6) is 5.75 Å². The molecule has 4 aliphatic heterocycles. The first-order chi connectivity index (χ1) is 37.7. The summed E-state index contributed by atoms with van der Waals surface area (Å²) in [5, 5.41) is 23.2. The number of carbonyl (C=O) groups is 11. The normalized spacial score (nSPS) is 26.3. The average Bonchev–Trinajstić information content (AvgIpc) is 4.19. The topological polar surface area (TPSA) is 327 Å². The maximum atomic E-state index is 14.4. The zero-order chi connectivity index (χ0) is 59.2. The minimum absolute atomic E-state index is 0.0700. The van der Waals surface area contributed by atoms with Gasteiger partial charge in [-0.1, -0.05) is 42.3 Å². The number of likely N-dealkylation sites (tertiary alicyclic amines) is 1. The van der Waals surface area contributed by atoms with Crippen molar-refractivity contribution in [3.63, 3.8) is 0 Å². The number of epoxide rings is 1. The molecule has 4 heterocycles. The number of halogens is 1. The number of allylic oxidation sites excluding steroid dienone is 3. The van der Waals surface area contributed by atoms with Gasteiger partial charge in [0.25, 0.3) is 0 Å². The summed E-state index contributed by atoms with van der Waals surface area (Å²) in [5.74, 6) is -5.54. The Morgan fingerprint density at radius 2 is 1.60 bits per heavy atom. The number of ether oxygens (including phenoxy) is 5. The van der Waals surface area contributed by atoms with E-state index in [2.05, 4.69) is 26.6 Å². The number of aliphatic hydroxyl groups is 1. The fourth-order valence-electron chi connectivity index (χ4n) is 9.29. The fraction of sp³-hybridized carbons (Fsp3) is 0.604. The molecule has 1 unspecified atom stereocenters. The fourth-order valence-corrected chi connectivity index (χ4v) is 10.7. The zero-order valence-electron chi connectivity index (χ0n) is 46.4. The molecule has 80 heavy (non-hydrogen) atoms. The number of anilines is 1. The highest BCUT2D eigenvalue weighted by molar-refractivity contribution is 8.00. The van der Waals surface area contributed by atoms with Gasteiger partial charge in [-0.15, -0.1) is 11.8 Å². The van der Waals surface area contributed by atoms with E-state index in [-0.39, 0.29) is 74.7 Å². The highest BCUT2D eigenvalue weighted by atomic mass is 35.5. The van der Waals surface area contributed by atoms with Gasteiger partial charge in [-0.05, 0) is 58.2 Å². The van der Waals surface area contributed by atoms with E-state index in [9.17, 15) is 57.8 Å². The van der Waals surface area contributed by atoms with Gasteiger partial charge in [0.15, 0.2) is 5.72 Å². The van der Waals surface area contributed by atoms with Gasteiger partial charge in [-0.2, -0.15) is 0 Å². The molecule has 25 nitrogen and oxygen atoms in total. The van der Waals surface area contributed by atoms with E-state index in [1.165, 1.54) is 52.0 Å². The third-order valence-corrected chi connectivity index (χ3v) is 15.9. The molecule has 5 rings (SSSR count). The Morgan fingerprint density at radius 3 is 2.24 bits per heavy atom. The lowest BCUT2D eigenvalue weighted by atomic mass is 9.83. The molecule has 1 aromatic carbocycles. The minimum Gasteiger partial charge on any atom is -0.495 e. The minimum atomic E-state index is -1.91. The number of nitrogens with one attached hydrogen (secondary N) is 5. The first kappa shape index (κ1) is 64.2. The number of Topliss-reactive ketones (excluding diaryl/α,β-unsaturated/α-hetero) is 1. The van der Waals surface area contributed by atoms with Crippen LogP contribution in [0.2, 0.25) is 5.02 Å². The Bertz CT molecular complexity index is 2620. The number of likely N-dealkylation sites (N-methyl/N-ethyl adjacent to an activating group) is 1. The Kier molecular flexibility index (Phi) is 23.0. The summed E-state index contributed by atoms with van der Waals surface area (Å²) >= 11 is 7.90. The summed E-state index contributed by atoms with van der Waals surface area (Å²) in [6.07, 6.45) is -0.0498. The standard InChI is InChI=1S/C53H73ClN8O17S/c1-29-12-10-13-38(76-9)53(74)25-36(77-51(73)59-53)31(3)48-52(5,79-48)39(24-45(69)61(7)34-21-33(20-29)22-35(75-8)47(34)54)78-50(72)32(4)60(6)44(68)16-19-80-37-23-46(70)62(49(37)71)18-11-14-40(64)56-27-42(66)58-28-43(67)57-26-41(65)55-17-15-30(2)63/h10,12-13,21-22,31-32,36-39,48,74H,11,14-20,23-28H2,1-9H3,(H,55,65)(H,56,64)(H,57,67)(H,58,66)(H,59,73)/b13-10+,29-12+/t31-,32+,36+,37?,38-,39+,48+,52+,53+/m1/s1. The van der Waals surface area contributed by atoms with Gasteiger partial charge in [0.2, 0.25) is 47.3 Å². The molecule has 3 fully saturated rings. The molecule has 27 heteroatoms. The van der Waals surface area contributed by atoms with Gasteiger partial charge in [-0.3, -0.25) is 53.4 Å². The van der Waals surface area contributed by atoms with Gasteiger partial charge in [0.1, 0.15) is 46.5 Å². The summed E-state index contributed by atoms with van der Waals surface area (Å²) in [5.41, 5.74) is -1.31. The molecular formula is C53H73ClN8O17S.